The maximum atomic E-state index is 11.5. The van der Waals surface area contributed by atoms with Gasteiger partial charge in [-0.25, -0.2) is 0 Å². The van der Waals surface area contributed by atoms with Crippen LogP contribution in [0.25, 0.3) is 0 Å². The van der Waals surface area contributed by atoms with Crippen molar-refractivity contribution in [2.24, 2.45) is 0 Å². The van der Waals surface area contributed by atoms with E-state index in [2.05, 4.69) is 0 Å². The van der Waals surface area contributed by atoms with Crippen molar-refractivity contribution in [3.8, 4) is 5.75 Å². The predicted octanol–water partition coefficient (Wildman–Crippen LogP) is 3.30. The second-order valence-electron chi connectivity index (χ2n) is 4.69. The van der Waals surface area contributed by atoms with Crippen LogP contribution in [0, 0.1) is 0 Å². The maximum absolute atomic E-state index is 11.5. The highest BCUT2D eigenvalue weighted by atomic mass is 35.5. The Morgan fingerprint density at radius 2 is 1.56 bits per heavy atom. The Morgan fingerprint density at radius 3 is 1.89 bits per heavy atom. The van der Waals surface area contributed by atoms with Gasteiger partial charge in [-0.2, -0.15) is 8.42 Å². The first-order valence-corrected chi connectivity index (χ1v) is 7.51. The molecule has 1 aromatic carbocycles. The van der Waals surface area contributed by atoms with E-state index >= 15 is 0 Å². The molecule has 18 heavy (non-hydrogen) atoms. The molecule has 6 heteroatoms. The Kier molecular flexibility index (Phi) is 5.01. The van der Waals surface area contributed by atoms with E-state index in [9.17, 15) is 8.42 Å². The number of hydrogen-bond donors (Lipinski definition) is 1. The highest BCUT2D eigenvalue weighted by molar-refractivity contribution is 7.86. The monoisotopic (exact) mass is 291 g/mol. The molecule has 1 aromatic rings. The average molecular weight is 292 g/mol. The van der Waals surface area contributed by atoms with Crippen molar-refractivity contribution in [2.75, 3.05) is 0 Å². The van der Waals surface area contributed by atoms with Crippen LogP contribution in [0.5, 0.6) is 5.75 Å². The van der Waals surface area contributed by atoms with Crippen molar-refractivity contribution >= 4 is 22.1 Å². The molecule has 1 N–H and O–H groups in total. The second kappa shape index (κ2) is 5.91. The third kappa shape index (κ3) is 3.60. The van der Waals surface area contributed by atoms with Gasteiger partial charge >= 0.3 is 10.3 Å². The highest BCUT2D eigenvalue weighted by Crippen LogP contribution is 2.35. The third-order valence-corrected chi connectivity index (χ3v) is 3.75. The first-order valence-electron chi connectivity index (χ1n) is 5.73. The molecule has 0 fully saturated rings. The Hall–Kier alpha value is -0.780. The van der Waals surface area contributed by atoms with Crippen LogP contribution in [0.15, 0.2) is 18.2 Å². The molecule has 0 aliphatic carbocycles. The van der Waals surface area contributed by atoms with E-state index in [4.69, 9.17) is 16.0 Å². The molecule has 0 heterocycles. The van der Waals surface area contributed by atoms with Gasteiger partial charge in [0.1, 0.15) is 0 Å². The Bertz CT molecular complexity index is 486. The van der Waals surface area contributed by atoms with Crippen molar-refractivity contribution in [3.05, 3.63) is 29.3 Å². The van der Waals surface area contributed by atoms with Crippen molar-refractivity contribution in [3.63, 3.8) is 0 Å². The largest absolute Gasteiger partial charge is 0.396 e. The van der Waals surface area contributed by atoms with E-state index in [1.807, 2.05) is 45.9 Å². The van der Waals surface area contributed by atoms with Gasteiger partial charge in [0.05, 0.1) is 0 Å². The molecule has 4 nitrogen and oxygen atoms in total. The van der Waals surface area contributed by atoms with Crippen LogP contribution >= 0.6 is 11.8 Å². The van der Waals surface area contributed by atoms with E-state index in [1.54, 1.807) is 4.24 Å². The SMILES string of the molecule is CC(C)c1cccc(C(C)C)c1OS(=O)(=O)NCl. The molecule has 0 radical (unpaired) electrons. The number of hydrogen-bond acceptors (Lipinski definition) is 3. The fourth-order valence-electron chi connectivity index (χ4n) is 1.70. The molecule has 0 spiro atoms. The molecular weight excluding hydrogens is 274 g/mol. The van der Waals surface area contributed by atoms with Crippen LogP contribution in [-0.2, 0) is 10.3 Å². The lowest BCUT2D eigenvalue weighted by atomic mass is 9.94. The molecule has 0 saturated heterocycles. The third-order valence-electron chi connectivity index (χ3n) is 2.61. The van der Waals surface area contributed by atoms with E-state index in [-0.39, 0.29) is 11.8 Å². The zero-order valence-electron chi connectivity index (χ0n) is 10.9. The molecule has 102 valence electrons. The van der Waals surface area contributed by atoms with Crippen LogP contribution in [0.2, 0.25) is 0 Å². The van der Waals surface area contributed by atoms with Gasteiger partial charge in [-0.15, -0.1) is 0 Å². The summed E-state index contributed by atoms with van der Waals surface area (Å²) in [6, 6.07) is 5.61. The Balaban J connectivity index is 3.36. The van der Waals surface area contributed by atoms with Gasteiger partial charge < -0.3 is 4.18 Å². The fraction of sp³-hybridized carbons (Fsp3) is 0.500. The number of para-hydroxylation sites is 1. The molecule has 1 rings (SSSR count). The minimum absolute atomic E-state index is 0.157. The summed E-state index contributed by atoms with van der Waals surface area (Å²) in [5.41, 5.74) is 1.69. The van der Waals surface area contributed by atoms with Crippen molar-refractivity contribution in [1.29, 1.82) is 0 Å². The molecule has 0 aromatic heterocycles. The first-order chi connectivity index (χ1) is 8.28. The molecule has 0 aliphatic heterocycles. The standard InChI is InChI=1S/C12H18ClNO3S/c1-8(2)10-6-5-7-11(9(3)4)12(10)17-18(15,16)14-13/h5-9,14H,1-4H3. The normalized spacial score (nSPS) is 12.2. The van der Waals surface area contributed by atoms with E-state index < -0.39 is 10.3 Å². The molecule has 0 unspecified atom stereocenters. The summed E-state index contributed by atoms with van der Waals surface area (Å²) < 4.78 is 29.6. The van der Waals surface area contributed by atoms with Crippen LogP contribution in [0.1, 0.15) is 50.7 Å². The van der Waals surface area contributed by atoms with Crippen LogP contribution in [0.4, 0.5) is 0 Å². The number of nitrogens with one attached hydrogen (secondary N) is 1. The Morgan fingerprint density at radius 1 is 1.11 bits per heavy atom. The number of rotatable bonds is 5. The van der Waals surface area contributed by atoms with Crippen molar-refractivity contribution in [2.45, 2.75) is 39.5 Å². The zero-order chi connectivity index (χ0) is 13.9. The van der Waals surface area contributed by atoms with E-state index in [0.717, 1.165) is 11.1 Å². The van der Waals surface area contributed by atoms with E-state index in [1.165, 1.54) is 0 Å². The van der Waals surface area contributed by atoms with Gasteiger partial charge in [0.2, 0.25) is 0 Å². The predicted molar refractivity (Wildman–Crippen MR) is 73.2 cm³/mol. The minimum Gasteiger partial charge on any atom is -0.370 e. The molecule has 0 saturated carbocycles. The molecule has 0 aliphatic rings. The summed E-state index contributed by atoms with van der Waals surface area (Å²) >= 11 is 5.14. The van der Waals surface area contributed by atoms with Crippen LogP contribution in [-0.4, -0.2) is 8.42 Å². The molecular formula is C12H18ClNO3S. The second-order valence-corrected chi connectivity index (χ2v) is 6.38. The molecule has 0 atom stereocenters. The van der Waals surface area contributed by atoms with Gasteiger partial charge in [-0.05, 0) is 34.7 Å². The summed E-state index contributed by atoms with van der Waals surface area (Å²) in [5.74, 6) is 0.684. The summed E-state index contributed by atoms with van der Waals surface area (Å²) in [7, 11) is -3.97. The lowest BCUT2D eigenvalue weighted by Crippen LogP contribution is -2.21. The van der Waals surface area contributed by atoms with Crippen LogP contribution < -0.4 is 8.42 Å². The first kappa shape index (κ1) is 15.3. The number of benzene rings is 1. The minimum atomic E-state index is -3.97. The smallest absolute Gasteiger partial charge is 0.370 e. The van der Waals surface area contributed by atoms with Gasteiger partial charge in [0, 0.05) is 0 Å². The molecule has 0 bridgehead atoms. The quantitative estimate of drug-likeness (QED) is 0.847. The zero-order valence-corrected chi connectivity index (χ0v) is 12.5. The summed E-state index contributed by atoms with van der Waals surface area (Å²) in [4.78, 5) is 0. The average Bonchev–Trinajstić information content (AvgIpc) is 2.28. The maximum Gasteiger partial charge on any atom is 0.396 e. The van der Waals surface area contributed by atoms with Gasteiger partial charge in [-0.1, -0.05) is 50.1 Å². The summed E-state index contributed by atoms with van der Waals surface area (Å²) in [5, 5.41) is 0. The lowest BCUT2D eigenvalue weighted by Gasteiger charge is -2.18. The topological polar surface area (TPSA) is 55.4 Å². The fourth-order valence-corrected chi connectivity index (χ4v) is 2.24. The van der Waals surface area contributed by atoms with Crippen molar-refractivity contribution in [1.82, 2.24) is 4.24 Å². The van der Waals surface area contributed by atoms with Gasteiger partial charge in [-0.3, -0.25) is 0 Å². The lowest BCUT2D eigenvalue weighted by molar-refractivity contribution is 0.473. The highest BCUT2D eigenvalue weighted by Gasteiger charge is 2.20. The Labute approximate surface area is 114 Å². The number of halogens is 1. The van der Waals surface area contributed by atoms with Crippen molar-refractivity contribution < 1.29 is 12.6 Å². The van der Waals surface area contributed by atoms with E-state index in [0.29, 0.717) is 5.75 Å². The molecule has 0 amide bonds. The summed E-state index contributed by atoms with van der Waals surface area (Å²) in [6.45, 7) is 7.92. The van der Waals surface area contributed by atoms with Gasteiger partial charge in [0.25, 0.3) is 0 Å². The van der Waals surface area contributed by atoms with Crippen LogP contribution in [0.3, 0.4) is 0 Å². The van der Waals surface area contributed by atoms with Gasteiger partial charge in [0.15, 0.2) is 5.75 Å². The summed E-state index contributed by atoms with van der Waals surface area (Å²) in [6.07, 6.45) is 0.